The van der Waals surface area contributed by atoms with E-state index >= 15 is 0 Å². The maximum Gasteiger partial charge on any atom is 0.0731 e. The Kier molecular flexibility index (Phi) is 2.91. The van der Waals surface area contributed by atoms with Crippen molar-refractivity contribution in [2.24, 2.45) is 0 Å². The fourth-order valence-electron chi connectivity index (χ4n) is 2.79. The second-order valence-electron chi connectivity index (χ2n) is 6.61. The average molecular weight is 246 g/mol. The van der Waals surface area contributed by atoms with Gasteiger partial charge in [0.2, 0.25) is 0 Å². The number of hydrogen-bond donors (Lipinski definition) is 0. The summed E-state index contributed by atoms with van der Waals surface area (Å²) in [5, 5.41) is 0. The van der Waals surface area contributed by atoms with E-state index in [0.29, 0.717) is 12.2 Å². The van der Waals surface area contributed by atoms with Crippen LogP contribution in [0.3, 0.4) is 0 Å². The maximum absolute atomic E-state index is 5.65. The highest BCUT2D eigenvalue weighted by Crippen LogP contribution is 2.28. The number of ether oxygens (including phenoxy) is 1. The lowest BCUT2D eigenvalue weighted by Crippen LogP contribution is -2.56. The van der Waals surface area contributed by atoms with Gasteiger partial charge >= 0.3 is 0 Å². The number of aromatic nitrogens is 1. The SMILES string of the molecule is CC(C)(C)c1ccc(CN2CC3CC(C2)O3)cn1. The summed E-state index contributed by atoms with van der Waals surface area (Å²) in [6, 6.07) is 4.38. The molecule has 2 unspecified atom stereocenters. The summed E-state index contributed by atoms with van der Waals surface area (Å²) in [4.78, 5) is 7.07. The smallest absolute Gasteiger partial charge is 0.0731 e. The number of piperidine rings is 1. The zero-order chi connectivity index (χ0) is 12.8. The lowest BCUT2D eigenvalue weighted by Gasteiger charge is -2.47. The molecule has 0 N–H and O–H groups in total. The molecule has 4 heterocycles. The van der Waals surface area contributed by atoms with Crippen LogP contribution in [0.4, 0.5) is 0 Å². The van der Waals surface area contributed by atoms with E-state index in [2.05, 4.69) is 42.8 Å². The molecule has 0 aromatic carbocycles. The molecule has 3 nitrogen and oxygen atoms in total. The number of nitrogens with zero attached hydrogens (tertiary/aromatic N) is 2. The fourth-order valence-corrected chi connectivity index (χ4v) is 2.79. The molecule has 1 aromatic rings. The Labute approximate surface area is 109 Å². The molecule has 3 saturated heterocycles. The first-order chi connectivity index (χ1) is 8.50. The molecule has 3 heteroatoms. The molecule has 0 saturated carbocycles. The van der Waals surface area contributed by atoms with Gasteiger partial charge in [0, 0.05) is 43.4 Å². The summed E-state index contributed by atoms with van der Waals surface area (Å²) in [6.45, 7) is 9.77. The van der Waals surface area contributed by atoms with Crippen LogP contribution < -0.4 is 0 Å². The van der Waals surface area contributed by atoms with Gasteiger partial charge in [-0.1, -0.05) is 26.8 Å². The zero-order valence-electron chi connectivity index (χ0n) is 11.5. The fraction of sp³-hybridized carbons (Fsp3) is 0.667. The van der Waals surface area contributed by atoms with Crippen LogP contribution >= 0.6 is 0 Å². The largest absolute Gasteiger partial charge is 0.372 e. The molecule has 4 rings (SSSR count). The second-order valence-corrected chi connectivity index (χ2v) is 6.61. The van der Waals surface area contributed by atoms with Gasteiger partial charge in [-0.15, -0.1) is 0 Å². The molecule has 2 bridgehead atoms. The molecule has 0 amide bonds. The number of rotatable bonds is 2. The number of morpholine rings is 1. The van der Waals surface area contributed by atoms with Crippen molar-refractivity contribution in [1.82, 2.24) is 9.88 Å². The summed E-state index contributed by atoms with van der Waals surface area (Å²) in [6.07, 6.45) is 4.27. The molecule has 3 fully saturated rings. The first-order valence-corrected chi connectivity index (χ1v) is 6.84. The lowest BCUT2D eigenvalue weighted by molar-refractivity contribution is -0.182. The normalized spacial score (nSPS) is 27.9. The molecule has 98 valence electrons. The van der Waals surface area contributed by atoms with Crippen molar-refractivity contribution in [3.05, 3.63) is 29.6 Å². The van der Waals surface area contributed by atoms with Crippen LogP contribution in [0.2, 0.25) is 0 Å². The molecule has 0 aliphatic carbocycles. The Morgan fingerprint density at radius 3 is 2.44 bits per heavy atom. The van der Waals surface area contributed by atoms with E-state index in [9.17, 15) is 0 Å². The van der Waals surface area contributed by atoms with Gasteiger partial charge in [0.25, 0.3) is 0 Å². The highest BCUT2D eigenvalue weighted by atomic mass is 16.5. The van der Waals surface area contributed by atoms with Gasteiger partial charge in [-0.2, -0.15) is 0 Å². The van der Waals surface area contributed by atoms with Crippen LogP contribution in [0.15, 0.2) is 18.3 Å². The van der Waals surface area contributed by atoms with E-state index in [1.165, 1.54) is 12.0 Å². The van der Waals surface area contributed by atoms with Gasteiger partial charge in [-0.05, 0) is 11.6 Å². The van der Waals surface area contributed by atoms with Gasteiger partial charge < -0.3 is 4.74 Å². The number of fused-ring (bicyclic) bond motifs is 2. The van der Waals surface area contributed by atoms with Gasteiger partial charge in [0.15, 0.2) is 0 Å². The van der Waals surface area contributed by atoms with Crippen LogP contribution in [-0.2, 0) is 16.7 Å². The van der Waals surface area contributed by atoms with Crippen molar-refractivity contribution in [3.63, 3.8) is 0 Å². The van der Waals surface area contributed by atoms with Crippen LogP contribution in [-0.4, -0.2) is 35.2 Å². The van der Waals surface area contributed by atoms with Crippen molar-refractivity contribution in [2.45, 2.75) is 51.4 Å². The van der Waals surface area contributed by atoms with Crippen LogP contribution in [0, 0.1) is 0 Å². The van der Waals surface area contributed by atoms with Crippen LogP contribution in [0.5, 0.6) is 0 Å². The maximum atomic E-state index is 5.65. The van der Waals surface area contributed by atoms with Gasteiger partial charge in [-0.25, -0.2) is 0 Å². The summed E-state index contributed by atoms with van der Waals surface area (Å²) in [7, 11) is 0. The lowest BCUT2D eigenvalue weighted by atomic mass is 9.91. The minimum Gasteiger partial charge on any atom is -0.372 e. The van der Waals surface area contributed by atoms with Gasteiger partial charge in [-0.3, -0.25) is 9.88 Å². The monoisotopic (exact) mass is 246 g/mol. The summed E-state index contributed by atoms with van der Waals surface area (Å²) in [5.41, 5.74) is 2.61. The first kappa shape index (κ1) is 12.1. The Morgan fingerprint density at radius 2 is 1.94 bits per heavy atom. The summed E-state index contributed by atoms with van der Waals surface area (Å²) < 4.78 is 5.65. The molecule has 2 atom stereocenters. The predicted octanol–water partition coefficient (Wildman–Crippen LogP) is 2.35. The molecular weight excluding hydrogens is 224 g/mol. The topological polar surface area (TPSA) is 25.4 Å². The minimum absolute atomic E-state index is 0.138. The quantitative estimate of drug-likeness (QED) is 0.801. The molecule has 0 radical (unpaired) electrons. The van der Waals surface area contributed by atoms with Crippen molar-refractivity contribution < 1.29 is 4.74 Å². The standard InChI is InChI=1S/C15H22N2O/c1-15(2,3)14-5-4-11(7-16-14)8-17-9-12-6-13(10-17)18-12/h4-5,7,12-13H,6,8-10H2,1-3H3. The van der Waals surface area contributed by atoms with E-state index in [-0.39, 0.29) is 5.41 Å². The van der Waals surface area contributed by atoms with E-state index < -0.39 is 0 Å². The third-order valence-corrected chi connectivity index (χ3v) is 3.83. The summed E-state index contributed by atoms with van der Waals surface area (Å²) in [5.74, 6) is 0. The average Bonchev–Trinajstić information content (AvgIpc) is 2.27. The van der Waals surface area contributed by atoms with Crippen molar-refractivity contribution >= 4 is 0 Å². The predicted molar refractivity (Wildman–Crippen MR) is 71.5 cm³/mol. The number of pyridine rings is 1. The molecule has 1 aromatic heterocycles. The Morgan fingerprint density at radius 1 is 1.28 bits per heavy atom. The Balaban J connectivity index is 1.63. The van der Waals surface area contributed by atoms with Crippen LogP contribution in [0.1, 0.15) is 38.4 Å². The molecule has 3 aliphatic heterocycles. The molecular formula is C15H22N2O. The van der Waals surface area contributed by atoms with Crippen LogP contribution in [0.25, 0.3) is 0 Å². The Bertz CT molecular complexity index is 405. The molecule has 18 heavy (non-hydrogen) atoms. The first-order valence-electron chi connectivity index (χ1n) is 6.84. The Hall–Kier alpha value is -0.930. The second kappa shape index (κ2) is 4.32. The summed E-state index contributed by atoms with van der Waals surface area (Å²) >= 11 is 0. The minimum atomic E-state index is 0.138. The van der Waals surface area contributed by atoms with E-state index in [1.54, 1.807) is 0 Å². The van der Waals surface area contributed by atoms with E-state index in [1.807, 2.05) is 6.20 Å². The molecule has 0 spiro atoms. The third-order valence-electron chi connectivity index (χ3n) is 3.83. The highest BCUT2D eigenvalue weighted by molar-refractivity contribution is 5.19. The number of hydrogen-bond acceptors (Lipinski definition) is 3. The third kappa shape index (κ3) is 2.43. The molecule has 3 aliphatic rings. The van der Waals surface area contributed by atoms with E-state index in [4.69, 9.17) is 4.74 Å². The van der Waals surface area contributed by atoms with E-state index in [0.717, 1.165) is 25.3 Å². The van der Waals surface area contributed by atoms with Gasteiger partial charge in [0.1, 0.15) is 0 Å². The highest BCUT2D eigenvalue weighted by Gasteiger charge is 2.37. The van der Waals surface area contributed by atoms with Crippen molar-refractivity contribution in [2.75, 3.05) is 13.1 Å². The van der Waals surface area contributed by atoms with Gasteiger partial charge in [0.05, 0.1) is 12.2 Å². The zero-order valence-corrected chi connectivity index (χ0v) is 11.5. The van der Waals surface area contributed by atoms with Crippen molar-refractivity contribution in [1.29, 1.82) is 0 Å². The van der Waals surface area contributed by atoms with Crippen molar-refractivity contribution in [3.8, 4) is 0 Å².